The number of hydrogen-bond donors (Lipinski definition) is 1. The molecule has 3 aromatic rings. The van der Waals surface area contributed by atoms with Crippen molar-refractivity contribution in [2.24, 2.45) is 7.05 Å². The number of carbonyl (C=O) groups excluding carboxylic acids is 1. The first-order valence-electron chi connectivity index (χ1n) is 7.35. The monoisotopic (exact) mass is 363 g/mol. The van der Waals surface area contributed by atoms with E-state index in [1.807, 2.05) is 0 Å². The van der Waals surface area contributed by atoms with Gasteiger partial charge in [-0.05, 0) is 18.2 Å². The predicted octanol–water partition coefficient (Wildman–Crippen LogP) is 3.20. The van der Waals surface area contributed by atoms with Crippen LogP contribution in [0.4, 0.5) is 18.9 Å². The number of halogens is 3. The highest BCUT2D eigenvalue weighted by Crippen LogP contribution is 2.34. The van der Waals surface area contributed by atoms with Crippen molar-refractivity contribution >= 4 is 28.6 Å². The average Bonchev–Trinajstić information content (AvgIpc) is 2.96. The summed E-state index contributed by atoms with van der Waals surface area (Å²) in [6.45, 7) is 0. The Labute approximate surface area is 144 Å². The number of fused-ring (bicyclic) bond motifs is 1. The van der Waals surface area contributed by atoms with Crippen molar-refractivity contribution in [1.29, 1.82) is 0 Å². The van der Waals surface area contributed by atoms with Crippen LogP contribution in [0.15, 0.2) is 51.9 Å². The Balaban J connectivity index is 1.86. The molecule has 2 aromatic heterocycles. The lowest BCUT2D eigenvalue weighted by Gasteiger charge is -2.10. The zero-order valence-electron chi connectivity index (χ0n) is 13.4. The highest BCUT2D eigenvalue weighted by molar-refractivity contribution is 6.02. The number of benzene rings is 1. The lowest BCUT2D eigenvalue weighted by atomic mass is 10.1. The maximum Gasteiger partial charge on any atom is 0.417 e. The first-order valence-corrected chi connectivity index (χ1v) is 7.35. The second kappa shape index (κ2) is 6.51. The second-order valence-corrected chi connectivity index (χ2v) is 5.46. The van der Waals surface area contributed by atoms with Gasteiger partial charge < -0.3 is 9.73 Å². The van der Waals surface area contributed by atoms with E-state index in [0.29, 0.717) is 11.6 Å². The lowest BCUT2D eigenvalue weighted by Crippen LogP contribution is -2.11. The molecule has 0 aliphatic heterocycles. The quantitative estimate of drug-likeness (QED) is 0.573. The summed E-state index contributed by atoms with van der Waals surface area (Å²) in [6.07, 6.45) is 1.36. The van der Waals surface area contributed by atoms with E-state index in [4.69, 9.17) is 4.42 Å². The summed E-state index contributed by atoms with van der Waals surface area (Å²) in [4.78, 5) is 23.3. The molecular weight excluding hydrogens is 351 g/mol. The number of aryl methyl sites for hydroxylation is 1. The van der Waals surface area contributed by atoms with Crippen molar-refractivity contribution in [3.05, 3.63) is 64.3 Å². The number of amides is 1. The number of carbonyl (C=O) groups is 1. The minimum atomic E-state index is -4.69. The maximum absolute atomic E-state index is 13.0. The molecule has 0 saturated heterocycles. The van der Waals surface area contributed by atoms with Crippen LogP contribution in [0.2, 0.25) is 0 Å². The summed E-state index contributed by atoms with van der Waals surface area (Å²) in [6, 6.07) is 4.01. The van der Waals surface area contributed by atoms with Crippen LogP contribution in [0.1, 0.15) is 11.1 Å². The molecule has 1 aromatic carbocycles. The molecule has 26 heavy (non-hydrogen) atoms. The number of alkyl halides is 3. The third-order valence-corrected chi connectivity index (χ3v) is 3.47. The van der Waals surface area contributed by atoms with Crippen LogP contribution < -0.4 is 10.9 Å². The van der Waals surface area contributed by atoms with Gasteiger partial charge in [-0.1, -0.05) is 0 Å². The molecule has 1 N–H and O–H groups in total. The van der Waals surface area contributed by atoms with Crippen molar-refractivity contribution in [2.45, 2.75) is 6.18 Å². The van der Waals surface area contributed by atoms with Crippen LogP contribution in [-0.4, -0.2) is 15.7 Å². The highest BCUT2D eigenvalue weighted by atomic mass is 19.4. The fraction of sp³-hybridized carbons (Fsp3) is 0.118. The Morgan fingerprint density at radius 3 is 2.73 bits per heavy atom. The van der Waals surface area contributed by atoms with Crippen molar-refractivity contribution in [3.63, 3.8) is 0 Å². The lowest BCUT2D eigenvalue weighted by molar-refractivity contribution is -0.136. The summed E-state index contributed by atoms with van der Waals surface area (Å²) >= 11 is 0. The van der Waals surface area contributed by atoms with Crippen molar-refractivity contribution in [1.82, 2.24) is 9.78 Å². The van der Waals surface area contributed by atoms with Gasteiger partial charge in [0.05, 0.1) is 11.8 Å². The zero-order chi connectivity index (χ0) is 18.9. The van der Waals surface area contributed by atoms with E-state index >= 15 is 0 Å². The van der Waals surface area contributed by atoms with E-state index < -0.39 is 23.3 Å². The summed E-state index contributed by atoms with van der Waals surface area (Å²) in [7, 11) is 1.73. The predicted molar refractivity (Wildman–Crippen MR) is 88.4 cm³/mol. The third-order valence-electron chi connectivity index (χ3n) is 3.47. The minimum absolute atomic E-state index is 0.195. The molecule has 2 heterocycles. The second-order valence-electron chi connectivity index (χ2n) is 5.46. The molecule has 0 aliphatic rings. The Morgan fingerprint density at radius 1 is 1.31 bits per heavy atom. The van der Waals surface area contributed by atoms with Gasteiger partial charge in [-0.2, -0.15) is 18.3 Å². The number of nitrogens with zero attached hydrogens (tertiary/aromatic N) is 2. The molecule has 0 radical (unpaired) electrons. The molecule has 3 rings (SSSR count). The molecule has 9 heteroatoms. The number of nitrogens with one attached hydrogen (secondary N) is 1. The smallest absolute Gasteiger partial charge is 0.417 e. The summed E-state index contributed by atoms with van der Waals surface area (Å²) in [5.41, 5.74) is -1.57. The summed E-state index contributed by atoms with van der Waals surface area (Å²) in [5, 5.41) is 6.18. The number of anilines is 1. The maximum atomic E-state index is 13.0. The fourth-order valence-electron chi connectivity index (χ4n) is 2.36. The third kappa shape index (κ3) is 3.82. The molecule has 1 amide bonds. The van der Waals surface area contributed by atoms with Crippen LogP contribution in [-0.2, 0) is 18.0 Å². The first-order chi connectivity index (χ1) is 12.2. The van der Waals surface area contributed by atoms with Gasteiger partial charge in [-0.15, -0.1) is 0 Å². The molecule has 0 bridgehead atoms. The molecule has 134 valence electrons. The molecule has 0 saturated carbocycles. The van der Waals surface area contributed by atoms with Crippen LogP contribution in [0.25, 0.3) is 17.0 Å². The average molecular weight is 363 g/mol. The summed E-state index contributed by atoms with van der Waals surface area (Å²) in [5.74, 6) is -0.498. The van der Waals surface area contributed by atoms with Crippen molar-refractivity contribution in [3.8, 4) is 0 Å². The SMILES string of the molecule is Cn1cc(/C=C/C(=O)Nc2ccc3c(C(F)(F)F)cc(=O)oc3c2)cn1. The van der Waals surface area contributed by atoms with Crippen LogP contribution in [0, 0.1) is 0 Å². The van der Waals surface area contributed by atoms with E-state index in [1.165, 1.54) is 24.3 Å². The molecular formula is C17H12F3N3O3. The van der Waals surface area contributed by atoms with E-state index in [2.05, 4.69) is 10.4 Å². The van der Waals surface area contributed by atoms with Gasteiger partial charge >= 0.3 is 11.8 Å². The summed E-state index contributed by atoms with van der Waals surface area (Å²) < 4.78 is 45.4. The zero-order valence-corrected chi connectivity index (χ0v) is 13.4. The number of hydrogen-bond acceptors (Lipinski definition) is 4. The Kier molecular flexibility index (Phi) is 4.37. The van der Waals surface area contributed by atoms with Gasteiger partial charge in [-0.25, -0.2) is 4.79 Å². The van der Waals surface area contributed by atoms with Crippen molar-refractivity contribution in [2.75, 3.05) is 5.32 Å². The minimum Gasteiger partial charge on any atom is -0.423 e. The first kappa shape index (κ1) is 17.5. The van der Waals surface area contributed by atoms with Gasteiger partial charge in [0.1, 0.15) is 5.58 Å². The number of rotatable bonds is 3. The molecule has 0 spiro atoms. The molecule has 0 unspecified atom stereocenters. The Hall–Kier alpha value is -3.36. The topological polar surface area (TPSA) is 77.1 Å². The van der Waals surface area contributed by atoms with Gasteiger partial charge in [-0.3, -0.25) is 9.48 Å². The van der Waals surface area contributed by atoms with Gasteiger partial charge in [0.15, 0.2) is 0 Å². The van der Waals surface area contributed by atoms with Gasteiger partial charge in [0.2, 0.25) is 5.91 Å². The van der Waals surface area contributed by atoms with Crippen molar-refractivity contribution < 1.29 is 22.4 Å². The van der Waals surface area contributed by atoms with Crippen LogP contribution >= 0.6 is 0 Å². The molecule has 0 aliphatic carbocycles. The molecule has 6 nitrogen and oxygen atoms in total. The standard InChI is InChI=1S/C17H12F3N3O3/c1-23-9-10(8-21-23)2-5-15(24)22-11-3-4-12-13(17(18,19)20)7-16(25)26-14(12)6-11/h2-9H,1H3,(H,22,24)/b5-2+. The Bertz CT molecular complexity index is 1060. The molecule has 0 atom stereocenters. The fourth-order valence-corrected chi connectivity index (χ4v) is 2.36. The van der Waals surface area contributed by atoms with Gasteiger partial charge in [0, 0.05) is 48.1 Å². The van der Waals surface area contributed by atoms with Crippen LogP contribution in [0.3, 0.4) is 0 Å². The van der Waals surface area contributed by atoms with E-state index in [0.717, 1.165) is 6.07 Å². The highest BCUT2D eigenvalue weighted by Gasteiger charge is 2.33. The van der Waals surface area contributed by atoms with E-state index in [1.54, 1.807) is 24.1 Å². The number of aromatic nitrogens is 2. The molecule has 0 fully saturated rings. The van der Waals surface area contributed by atoms with Crippen LogP contribution in [0.5, 0.6) is 0 Å². The largest absolute Gasteiger partial charge is 0.423 e. The van der Waals surface area contributed by atoms with E-state index in [9.17, 15) is 22.8 Å². The normalized spacial score (nSPS) is 12.0. The van der Waals surface area contributed by atoms with E-state index in [-0.39, 0.29) is 16.7 Å². The Morgan fingerprint density at radius 2 is 2.08 bits per heavy atom. The van der Waals surface area contributed by atoms with Gasteiger partial charge in [0.25, 0.3) is 0 Å².